The van der Waals surface area contributed by atoms with Crippen LogP contribution in [0.2, 0.25) is 0 Å². The zero-order valence-electron chi connectivity index (χ0n) is 38.8. The van der Waals surface area contributed by atoms with Gasteiger partial charge < -0.3 is 77.8 Å². The maximum absolute atomic E-state index is 13.1. The number of nitrogens with zero attached hydrogens (tertiary/aromatic N) is 6. The predicted octanol–water partition coefficient (Wildman–Crippen LogP) is -0.113. The van der Waals surface area contributed by atoms with Crippen molar-refractivity contribution >= 4 is 53.2 Å². The zero-order valence-corrected chi connectivity index (χ0v) is 42.4. The quantitative estimate of drug-likeness (QED) is 0.0396. The smallest absolute Gasteiger partial charge is 0.406 e. The second kappa shape index (κ2) is 23.2. The van der Waals surface area contributed by atoms with Gasteiger partial charge in [0, 0.05) is 36.0 Å². The number of rotatable bonds is 18. The number of hydrogen-bond acceptors (Lipinski definition) is 24. The SMILES string of the molecule is O=c1ccn([C@@H]2O[C@H](COP(=O)(O)OP(=O)(O)O)C(O)[C@@H]2O)c(=O)n1Cc1noc2c(OC(F)(F)F)cccc12.O=c1ccn([C@@H]2O[C@H](COP(=O)(O)OP(=O)(O)O)C(O)[C@@H]2O)c(=O)n1Cc1noc2cc(OC(F)(F)F)ccc12. The van der Waals surface area contributed by atoms with Crippen LogP contribution in [0, 0.1) is 0 Å². The monoisotopic (exact) mass is 1240 g/mol. The molecule has 4 aromatic heterocycles. The lowest BCUT2D eigenvalue weighted by molar-refractivity contribution is -0.275. The van der Waals surface area contributed by atoms with Crippen molar-refractivity contribution in [1.29, 1.82) is 0 Å². The number of alkyl halides is 6. The van der Waals surface area contributed by atoms with Gasteiger partial charge in [-0.15, -0.1) is 26.3 Å². The van der Waals surface area contributed by atoms with Gasteiger partial charge in [-0.2, -0.15) is 8.62 Å². The Hall–Kier alpha value is -5.80. The average molecular weight is 1240 g/mol. The Morgan fingerprint density at radius 1 is 0.575 bits per heavy atom. The Labute approximate surface area is 434 Å². The van der Waals surface area contributed by atoms with Crippen molar-refractivity contribution in [2.75, 3.05) is 13.2 Å². The lowest BCUT2D eigenvalue weighted by Crippen LogP contribution is -2.43. The van der Waals surface area contributed by atoms with Gasteiger partial charge in [-0.05, 0) is 24.3 Å². The highest BCUT2D eigenvalue weighted by Gasteiger charge is 2.48. The average Bonchev–Trinajstić information content (AvgIpc) is 4.09. The molecule has 2 aliphatic heterocycles. The molecule has 0 aliphatic carbocycles. The van der Waals surface area contributed by atoms with E-state index in [2.05, 4.69) is 37.5 Å². The minimum absolute atomic E-state index is 0.0146. The largest absolute Gasteiger partial charge is 0.573 e. The zero-order chi connectivity index (χ0) is 59.2. The lowest BCUT2D eigenvalue weighted by atomic mass is 10.1. The molecule has 80 heavy (non-hydrogen) atoms. The van der Waals surface area contributed by atoms with E-state index in [-0.39, 0.29) is 27.7 Å². The number of fused-ring (bicyclic) bond motifs is 2. The number of halogens is 6. The molecule has 440 valence electrons. The first kappa shape index (κ1) is 61.8. The molecular weight excluding hydrogens is 1200 g/mol. The van der Waals surface area contributed by atoms with Crippen LogP contribution in [0.1, 0.15) is 23.8 Å². The summed E-state index contributed by atoms with van der Waals surface area (Å²) in [4.78, 5) is 104. The molecule has 2 saturated heterocycles. The second-order valence-corrected chi connectivity index (χ2v) is 21.9. The Morgan fingerprint density at radius 2 is 1.02 bits per heavy atom. The predicted molar refractivity (Wildman–Crippen MR) is 239 cm³/mol. The lowest BCUT2D eigenvalue weighted by Gasteiger charge is -2.19. The molecule has 2 aliphatic rings. The maximum atomic E-state index is 13.1. The minimum atomic E-state index is -5.44. The van der Waals surface area contributed by atoms with E-state index in [1.165, 1.54) is 12.1 Å². The molecule has 0 saturated carbocycles. The third-order valence-corrected chi connectivity index (χ3v) is 15.1. The first-order chi connectivity index (χ1) is 36.9. The maximum Gasteiger partial charge on any atom is 0.573 e. The van der Waals surface area contributed by atoms with Crippen molar-refractivity contribution in [3.8, 4) is 11.5 Å². The van der Waals surface area contributed by atoms with E-state index in [0.717, 1.165) is 48.8 Å². The number of para-hydroxylation sites is 1. The van der Waals surface area contributed by atoms with Crippen LogP contribution >= 0.6 is 31.3 Å². The van der Waals surface area contributed by atoms with Gasteiger partial charge in [0.1, 0.15) is 53.8 Å². The van der Waals surface area contributed by atoms with Gasteiger partial charge in [0.25, 0.3) is 11.1 Å². The molecule has 6 aromatic rings. The van der Waals surface area contributed by atoms with Crippen LogP contribution < -0.4 is 32.0 Å². The number of phosphoric acid groups is 4. The summed E-state index contributed by atoms with van der Waals surface area (Å²) in [6.45, 7) is -3.23. The van der Waals surface area contributed by atoms with Crippen LogP contribution in [-0.2, 0) is 58.5 Å². The summed E-state index contributed by atoms with van der Waals surface area (Å²) < 4.78 is 167. The number of ether oxygens (including phenoxy) is 4. The molecule has 0 radical (unpaired) electrons. The molecule has 10 N–H and O–H groups in total. The summed E-state index contributed by atoms with van der Waals surface area (Å²) in [5.41, 5.74) is -4.73. The first-order valence-corrected chi connectivity index (χ1v) is 27.4. The number of phosphoric ester groups is 2. The van der Waals surface area contributed by atoms with Crippen LogP contribution in [0.15, 0.2) is 89.1 Å². The Balaban J connectivity index is 0.000000231. The van der Waals surface area contributed by atoms with Gasteiger partial charge in [-0.25, -0.2) is 27.8 Å². The van der Waals surface area contributed by atoms with E-state index in [0.29, 0.717) is 18.3 Å². The highest BCUT2D eigenvalue weighted by atomic mass is 31.3. The highest BCUT2D eigenvalue weighted by molar-refractivity contribution is 7.61. The summed E-state index contributed by atoms with van der Waals surface area (Å²) in [5.74, 6) is -1.32. The van der Waals surface area contributed by atoms with Gasteiger partial charge in [-0.3, -0.25) is 36.9 Å². The van der Waals surface area contributed by atoms with Crippen molar-refractivity contribution < 1.29 is 140 Å². The van der Waals surface area contributed by atoms with E-state index >= 15 is 0 Å². The molecule has 8 rings (SSSR count). The molecule has 0 bridgehead atoms. The molecule has 4 unspecified atom stereocenters. The van der Waals surface area contributed by atoms with Gasteiger partial charge >= 0.3 is 55.4 Å². The van der Waals surface area contributed by atoms with E-state index in [1.807, 2.05) is 0 Å². The molecule has 2 fully saturated rings. The fourth-order valence-corrected chi connectivity index (χ4v) is 10.7. The van der Waals surface area contributed by atoms with Crippen LogP contribution in [0.4, 0.5) is 26.3 Å². The van der Waals surface area contributed by atoms with Crippen molar-refractivity contribution in [2.24, 2.45) is 0 Å². The highest BCUT2D eigenvalue weighted by Crippen LogP contribution is 2.58. The Kier molecular flexibility index (Phi) is 17.9. The number of aliphatic hydroxyl groups is 4. The molecule has 6 heterocycles. The van der Waals surface area contributed by atoms with Crippen molar-refractivity contribution in [1.82, 2.24) is 28.6 Å². The second-order valence-electron chi connectivity index (χ2n) is 16.3. The third-order valence-electron chi connectivity index (χ3n) is 10.8. The normalized spacial score (nSPS) is 23.4. The standard InChI is InChI=1S/2C18H18F3N3O14P2/c19-18(20,21)36-8-1-2-9-10(22-37-11(9)5-8)6-24-13(25)3-4-23(17(24)28)16-15(27)14(26)12(35-16)7-34-40(32,33)38-39(29,30)31;19-18(20,21)36-10-3-1-2-8-9(22-37-15(8)10)6-24-12(25)4-5-23(17(24)28)16-14(27)13(26)11(35-16)7-34-40(32,33)38-39(29,30)31/h1-5,12,14-16,26-27H,6-7H2,(H,32,33)(H2,29,30,31);1-5,11,13-14,16,26-27H,6-7H2,(H,32,33)(H2,29,30,31)/t12-,14?,15+,16-;11-,13?,14+,16-/m11/s1. The Bertz CT molecular complexity index is 3700. The topological polar surface area (TPSA) is 484 Å². The molecular formula is C36H36F6N6O28P4. The molecule has 34 nitrogen and oxygen atoms in total. The minimum Gasteiger partial charge on any atom is -0.406 e. The van der Waals surface area contributed by atoms with Gasteiger partial charge in [0.2, 0.25) is 5.58 Å². The third kappa shape index (κ3) is 15.2. The van der Waals surface area contributed by atoms with Gasteiger partial charge in [0.15, 0.2) is 23.8 Å². The summed E-state index contributed by atoms with van der Waals surface area (Å²) in [5, 5.41) is 48.7. The van der Waals surface area contributed by atoms with Crippen molar-refractivity contribution in [3.05, 3.63) is 114 Å². The van der Waals surface area contributed by atoms with Crippen LogP contribution in [0.5, 0.6) is 11.5 Å². The Morgan fingerprint density at radius 3 is 1.48 bits per heavy atom. The number of benzene rings is 2. The number of aromatic nitrogens is 6. The molecule has 0 amide bonds. The first-order valence-electron chi connectivity index (χ1n) is 21.3. The fourth-order valence-electron chi connectivity index (χ4n) is 7.47. The van der Waals surface area contributed by atoms with Crippen molar-refractivity contribution in [3.63, 3.8) is 0 Å². The summed E-state index contributed by atoms with van der Waals surface area (Å²) in [7, 11) is -21.5. The number of hydrogen-bond donors (Lipinski definition) is 10. The van der Waals surface area contributed by atoms with E-state index in [4.69, 9.17) is 38.1 Å². The van der Waals surface area contributed by atoms with Crippen LogP contribution in [0.3, 0.4) is 0 Å². The number of aliphatic hydroxyl groups excluding tert-OH is 4. The molecule has 0 spiro atoms. The summed E-state index contributed by atoms with van der Waals surface area (Å²) >= 11 is 0. The van der Waals surface area contributed by atoms with E-state index in [1.54, 1.807) is 0 Å². The molecule has 2 aromatic carbocycles. The molecule has 10 atom stereocenters. The van der Waals surface area contributed by atoms with Crippen LogP contribution in [0.25, 0.3) is 21.9 Å². The van der Waals surface area contributed by atoms with E-state index in [9.17, 15) is 94.0 Å². The van der Waals surface area contributed by atoms with E-state index < -0.39 is 159 Å². The molecule has 44 heteroatoms. The summed E-state index contributed by atoms with van der Waals surface area (Å²) in [6, 6.07) is 8.24. The fraction of sp³-hybridized carbons (Fsp3) is 0.389. The summed E-state index contributed by atoms with van der Waals surface area (Å²) in [6.07, 6.45) is -22.3. The van der Waals surface area contributed by atoms with Gasteiger partial charge in [-0.1, -0.05) is 16.4 Å². The van der Waals surface area contributed by atoms with Crippen molar-refractivity contribution in [2.45, 2.75) is 74.9 Å². The van der Waals surface area contributed by atoms with Gasteiger partial charge in [0.05, 0.1) is 31.7 Å². The van der Waals surface area contributed by atoms with Crippen LogP contribution in [-0.4, -0.2) is 141 Å².